The lowest BCUT2D eigenvalue weighted by Gasteiger charge is -2.21. The molecule has 5 atom stereocenters. The third-order valence-electron chi connectivity index (χ3n) is 4.93. The number of hydrogen-bond donors (Lipinski definition) is 3. The fourth-order valence-electron chi connectivity index (χ4n) is 2.92. The van der Waals surface area contributed by atoms with Crippen LogP contribution in [0.15, 0.2) is 0 Å². The van der Waals surface area contributed by atoms with Crippen molar-refractivity contribution in [1.29, 1.82) is 0 Å². The molecule has 0 saturated heterocycles. The molecular formula is C24H44O17P2. The Hall–Kier alpha value is -1.94. The molecule has 0 bridgehead atoms. The molecule has 0 heterocycles. The summed E-state index contributed by atoms with van der Waals surface area (Å²) in [4.78, 5) is 65.6. The van der Waals surface area contributed by atoms with Gasteiger partial charge in [0.05, 0.1) is 26.4 Å². The third-order valence-corrected chi connectivity index (χ3v) is 6.83. The van der Waals surface area contributed by atoms with E-state index in [-0.39, 0.29) is 12.8 Å². The van der Waals surface area contributed by atoms with Crippen molar-refractivity contribution in [2.75, 3.05) is 39.6 Å². The topological polar surface area (TPSA) is 237 Å². The molecule has 0 aliphatic carbocycles. The van der Waals surface area contributed by atoms with E-state index in [1.54, 1.807) is 6.92 Å². The van der Waals surface area contributed by atoms with Gasteiger partial charge in [-0.2, -0.15) is 0 Å². The summed E-state index contributed by atoms with van der Waals surface area (Å²) in [7, 11) is -9.68. The summed E-state index contributed by atoms with van der Waals surface area (Å²) in [6.45, 7) is 1.84. The number of esters is 4. The van der Waals surface area contributed by atoms with Crippen molar-refractivity contribution >= 4 is 39.5 Å². The van der Waals surface area contributed by atoms with Gasteiger partial charge in [-0.05, 0) is 12.8 Å². The number of carbonyl (C=O) groups excluding carboxylic acids is 4. The smallest absolute Gasteiger partial charge is 0.462 e. The van der Waals surface area contributed by atoms with E-state index in [1.807, 2.05) is 6.92 Å². The van der Waals surface area contributed by atoms with Crippen LogP contribution >= 0.6 is 15.6 Å². The maximum atomic E-state index is 12.3. The molecule has 0 aromatic rings. The highest BCUT2D eigenvalue weighted by atomic mass is 31.2. The molecule has 19 heteroatoms. The first-order chi connectivity index (χ1) is 20.1. The molecular weight excluding hydrogens is 622 g/mol. The molecule has 2 unspecified atom stereocenters. The highest BCUT2D eigenvalue weighted by molar-refractivity contribution is 7.47. The summed E-state index contributed by atoms with van der Waals surface area (Å²) >= 11 is 0. The predicted molar refractivity (Wildman–Crippen MR) is 146 cm³/mol. The number of rotatable bonds is 25. The van der Waals surface area contributed by atoms with Crippen LogP contribution in [-0.4, -0.2) is 96.7 Å². The monoisotopic (exact) mass is 666 g/mol. The Morgan fingerprint density at radius 3 is 1.60 bits per heavy atom. The highest BCUT2D eigenvalue weighted by Crippen LogP contribution is 2.45. The summed E-state index contributed by atoms with van der Waals surface area (Å²) in [5, 5.41) is 9.94. The normalized spacial score (nSPS) is 16.2. The molecule has 0 saturated carbocycles. The van der Waals surface area contributed by atoms with Gasteiger partial charge in [0.15, 0.2) is 12.2 Å². The second kappa shape index (κ2) is 22.6. The number of aliphatic hydroxyl groups excluding tert-OH is 1. The van der Waals surface area contributed by atoms with E-state index < -0.39 is 97.5 Å². The van der Waals surface area contributed by atoms with Crippen LogP contribution in [0, 0.1) is 0 Å². The van der Waals surface area contributed by atoms with Gasteiger partial charge in [0, 0.05) is 26.7 Å². The minimum atomic E-state index is -4.85. The van der Waals surface area contributed by atoms with Gasteiger partial charge in [-0.1, -0.05) is 33.1 Å². The number of phosphoric ester groups is 2. The Bertz CT molecular complexity index is 943. The maximum Gasteiger partial charge on any atom is 0.472 e. The summed E-state index contributed by atoms with van der Waals surface area (Å²) in [6.07, 6.45) is -0.0500. The molecule has 0 aliphatic heterocycles. The Morgan fingerprint density at radius 1 is 0.605 bits per heavy atom. The van der Waals surface area contributed by atoms with E-state index in [0.717, 1.165) is 33.1 Å². The summed E-state index contributed by atoms with van der Waals surface area (Å²) in [5.74, 6) is -2.64. The van der Waals surface area contributed by atoms with E-state index in [4.69, 9.17) is 18.7 Å². The highest BCUT2D eigenvalue weighted by Gasteiger charge is 2.29. The van der Waals surface area contributed by atoms with Crippen molar-refractivity contribution in [2.24, 2.45) is 0 Å². The van der Waals surface area contributed by atoms with Crippen LogP contribution in [0.1, 0.15) is 72.6 Å². The van der Waals surface area contributed by atoms with Crippen molar-refractivity contribution < 1.29 is 80.2 Å². The number of carbonyl (C=O) groups is 4. The Labute approximate surface area is 250 Å². The van der Waals surface area contributed by atoms with Crippen molar-refractivity contribution in [3.63, 3.8) is 0 Å². The second-order valence-corrected chi connectivity index (χ2v) is 12.1. The van der Waals surface area contributed by atoms with Gasteiger partial charge in [-0.15, -0.1) is 0 Å². The molecule has 0 fully saturated rings. The molecule has 0 aliphatic rings. The van der Waals surface area contributed by atoms with Gasteiger partial charge < -0.3 is 33.8 Å². The average molecular weight is 667 g/mol. The Kier molecular flexibility index (Phi) is 21.5. The standard InChI is InChI=1S/C24H44O17P2/c1-5-7-8-9-11-23(28)35-15-22(41-24(29)10-6-2)17-39-43(32,33)37-13-20(27)12-36-42(30,31)38-16-21(40-19(4)26)14-34-18(3)25/h20-22,27H,5-17H2,1-4H3,(H,30,31)(H,32,33)/t20-,21-,22-/m1/s1. The van der Waals surface area contributed by atoms with E-state index in [9.17, 15) is 43.2 Å². The molecule has 0 spiro atoms. The summed E-state index contributed by atoms with van der Waals surface area (Å²) in [6, 6.07) is 0. The largest absolute Gasteiger partial charge is 0.472 e. The fourth-order valence-corrected chi connectivity index (χ4v) is 4.50. The zero-order valence-electron chi connectivity index (χ0n) is 24.9. The minimum Gasteiger partial charge on any atom is -0.462 e. The molecule has 252 valence electrons. The van der Waals surface area contributed by atoms with E-state index in [2.05, 4.69) is 18.3 Å². The van der Waals surface area contributed by atoms with Gasteiger partial charge in [0.25, 0.3) is 0 Å². The van der Waals surface area contributed by atoms with Gasteiger partial charge in [0.1, 0.15) is 19.3 Å². The first kappa shape index (κ1) is 41.1. The third kappa shape index (κ3) is 24.1. The molecule has 3 N–H and O–H groups in total. The SMILES string of the molecule is CCCCCCC(=O)OC[C@H](COP(=O)(O)OC[C@H](O)COP(=O)(O)OC[C@@H](COC(C)=O)OC(C)=O)OC(=O)CCC. The first-order valence-electron chi connectivity index (χ1n) is 13.7. The van der Waals surface area contributed by atoms with E-state index in [0.29, 0.717) is 12.8 Å². The number of ether oxygens (including phenoxy) is 4. The van der Waals surface area contributed by atoms with Gasteiger partial charge in [-0.3, -0.25) is 37.3 Å². The van der Waals surface area contributed by atoms with E-state index in [1.165, 1.54) is 0 Å². The average Bonchev–Trinajstić information content (AvgIpc) is 2.92. The van der Waals surface area contributed by atoms with Crippen molar-refractivity contribution in [3.05, 3.63) is 0 Å². The van der Waals surface area contributed by atoms with Crippen LogP contribution in [0.5, 0.6) is 0 Å². The van der Waals surface area contributed by atoms with Crippen molar-refractivity contribution in [2.45, 2.75) is 91.0 Å². The quantitative estimate of drug-likeness (QED) is 0.0548. The Morgan fingerprint density at radius 2 is 1.12 bits per heavy atom. The van der Waals surface area contributed by atoms with Crippen LogP contribution in [0.4, 0.5) is 0 Å². The lowest BCUT2D eigenvalue weighted by molar-refractivity contribution is -0.161. The fraction of sp³-hybridized carbons (Fsp3) is 0.833. The summed E-state index contributed by atoms with van der Waals surface area (Å²) in [5.41, 5.74) is 0. The second-order valence-electron chi connectivity index (χ2n) is 9.16. The van der Waals surface area contributed by atoms with Crippen LogP contribution < -0.4 is 0 Å². The van der Waals surface area contributed by atoms with Crippen LogP contribution in [0.3, 0.4) is 0 Å². The molecule has 0 aromatic carbocycles. The number of hydrogen-bond acceptors (Lipinski definition) is 15. The zero-order valence-corrected chi connectivity index (χ0v) is 26.7. The van der Waals surface area contributed by atoms with Crippen LogP contribution in [0.25, 0.3) is 0 Å². The van der Waals surface area contributed by atoms with Crippen LogP contribution in [-0.2, 0) is 65.4 Å². The molecule has 0 radical (unpaired) electrons. The molecule has 0 rings (SSSR count). The van der Waals surface area contributed by atoms with Gasteiger partial charge >= 0.3 is 39.5 Å². The first-order valence-corrected chi connectivity index (χ1v) is 16.7. The molecule has 17 nitrogen and oxygen atoms in total. The lowest BCUT2D eigenvalue weighted by Crippen LogP contribution is -2.30. The van der Waals surface area contributed by atoms with Gasteiger partial charge in [-0.25, -0.2) is 9.13 Å². The van der Waals surface area contributed by atoms with Crippen molar-refractivity contribution in [1.82, 2.24) is 0 Å². The lowest BCUT2D eigenvalue weighted by atomic mass is 10.2. The number of phosphoric acid groups is 2. The van der Waals surface area contributed by atoms with Crippen LogP contribution in [0.2, 0.25) is 0 Å². The summed E-state index contributed by atoms with van der Waals surface area (Å²) < 4.78 is 62.7. The van der Waals surface area contributed by atoms with Crippen molar-refractivity contribution in [3.8, 4) is 0 Å². The molecule has 0 amide bonds. The van der Waals surface area contributed by atoms with Gasteiger partial charge in [0.2, 0.25) is 0 Å². The molecule has 0 aromatic heterocycles. The minimum absolute atomic E-state index is 0.0516. The zero-order chi connectivity index (χ0) is 32.9. The molecule has 43 heavy (non-hydrogen) atoms. The number of aliphatic hydroxyl groups is 1. The predicted octanol–water partition coefficient (Wildman–Crippen LogP) is 2.33. The number of unbranched alkanes of at least 4 members (excludes halogenated alkanes) is 3. The Balaban J connectivity index is 4.75. The van der Waals surface area contributed by atoms with E-state index >= 15 is 0 Å². The maximum absolute atomic E-state index is 12.3.